The maximum Gasteiger partial charge on any atom is 0.223 e. The van der Waals surface area contributed by atoms with E-state index in [1.54, 1.807) is 11.3 Å². The van der Waals surface area contributed by atoms with Crippen LogP contribution in [0.1, 0.15) is 17.7 Å². The van der Waals surface area contributed by atoms with Gasteiger partial charge in [-0.15, -0.1) is 24.0 Å². The Morgan fingerprint density at radius 2 is 2.44 bits per heavy atom. The van der Waals surface area contributed by atoms with Crippen molar-refractivity contribution in [2.24, 2.45) is 0 Å². The highest BCUT2D eigenvalue weighted by Gasteiger charge is 2.25. The normalized spacial score (nSPS) is 23.5. The summed E-state index contributed by atoms with van der Waals surface area (Å²) in [7, 11) is 0. The smallest absolute Gasteiger partial charge is 0.223 e. The molecule has 0 aromatic carbocycles. The fourth-order valence-corrected chi connectivity index (χ4v) is 2.78. The van der Waals surface area contributed by atoms with E-state index in [1.807, 2.05) is 17.5 Å². The first-order chi connectivity index (χ1) is 8.63. The van der Waals surface area contributed by atoms with Crippen LogP contribution in [0.3, 0.4) is 0 Å². The molecule has 1 fully saturated rings. The fourth-order valence-electron chi connectivity index (χ4n) is 1.78. The van der Waals surface area contributed by atoms with Crippen molar-refractivity contribution in [1.82, 2.24) is 16.0 Å². The molecule has 1 saturated heterocycles. The molecule has 1 aliphatic rings. The van der Waals surface area contributed by atoms with E-state index in [0.29, 0.717) is 13.0 Å². The van der Waals surface area contributed by atoms with E-state index >= 15 is 0 Å². The molecule has 2 heterocycles. The van der Waals surface area contributed by atoms with Gasteiger partial charge in [-0.1, -0.05) is 6.07 Å². The van der Waals surface area contributed by atoms with Gasteiger partial charge in [-0.3, -0.25) is 14.9 Å². The minimum Gasteiger partial charge on any atom is -0.351 e. The second kappa shape index (κ2) is 6.21. The monoisotopic (exact) mass is 285 g/mol. The van der Waals surface area contributed by atoms with Gasteiger partial charge < -0.3 is 10.6 Å². The molecule has 0 saturated carbocycles. The molecule has 18 heavy (non-hydrogen) atoms. The number of nitrogens with one attached hydrogen (secondary N) is 3. The first-order valence-electron chi connectivity index (χ1n) is 5.66. The van der Waals surface area contributed by atoms with Crippen LogP contribution >= 0.6 is 24.0 Å². The van der Waals surface area contributed by atoms with Gasteiger partial charge in [0.15, 0.2) is 0 Å². The van der Waals surface area contributed by atoms with Crippen molar-refractivity contribution in [3.05, 3.63) is 22.4 Å². The zero-order chi connectivity index (χ0) is 13.0. The lowest BCUT2D eigenvalue weighted by Gasteiger charge is -2.28. The van der Waals surface area contributed by atoms with Crippen molar-refractivity contribution in [1.29, 1.82) is 0 Å². The highest BCUT2D eigenvalue weighted by atomic mass is 32.1. The number of carbonyl (C=O) groups is 2. The second-order valence-corrected chi connectivity index (χ2v) is 5.65. The molecule has 1 aliphatic heterocycles. The average molecular weight is 285 g/mol. The minimum atomic E-state index is -0.374. The molecule has 7 heteroatoms. The van der Waals surface area contributed by atoms with Crippen molar-refractivity contribution < 1.29 is 9.59 Å². The van der Waals surface area contributed by atoms with Crippen LogP contribution in [0.5, 0.6) is 0 Å². The van der Waals surface area contributed by atoms with Crippen LogP contribution < -0.4 is 16.0 Å². The highest BCUT2D eigenvalue weighted by molar-refractivity contribution is 7.80. The van der Waals surface area contributed by atoms with Crippen LogP contribution in [0, 0.1) is 0 Å². The van der Waals surface area contributed by atoms with E-state index < -0.39 is 0 Å². The lowest BCUT2D eigenvalue weighted by molar-refractivity contribution is -0.125. The van der Waals surface area contributed by atoms with Gasteiger partial charge in [0, 0.05) is 23.8 Å². The minimum absolute atomic E-state index is 0.0591. The van der Waals surface area contributed by atoms with Gasteiger partial charge in [0.2, 0.25) is 11.8 Å². The third-order valence-corrected chi connectivity index (χ3v) is 3.75. The Bertz CT molecular complexity index is 422. The molecule has 2 amide bonds. The molecule has 0 bridgehead atoms. The van der Waals surface area contributed by atoms with Gasteiger partial charge in [0.1, 0.15) is 5.50 Å². The van der Waals surface area contributed by atoms with Crippen molar-refractivity contribution >= 4 is 35.8 Å². The molecule has 3 N–H and O–H groups in total. The zero-order valence-corrected chi connectivity index (χ0v) is 11.4. The van der Waals surface area contributed by atoms with E-state index in [0.717, 1.165) is 4.88 Å². The number of thiophene rings is 1. The summed E-state index contributed by atoms with van der Waals surface area (Å²) in [6, 6.07) is 3.77. The van der Waals surface area contributed by atoms with Crippen LogP contribution in [0.15, 0.2) is 17.5 Å². The number of hydrogen-bond acceptors (Lipinski definition) is 5. The topological polar surface area (TPSA) is 70.2 Å². The van der Waals surface area contributed by atoms with E-state index in [4.69, 9.17) is 0 Å². The van der Waals surface area contributed by atoms with Gasteiger partial charge in [0.05, 0.1) is 6.54 Å². The molecule has 1 aromatic heterocycles. The van der Waals surface area contributed by atoms with Crippen LogP contribution in [-0.2, 0) is 16.1 Å². The third kappa shape index (κ3) is 4.01. The molecule has 0 radical (unpaired) electrons. The summed E-state index contributed by atoms with van der Waals surface area (Å²) < 4.78 is 0. The van der Waals surface area contributed by atoms with Gasteiger partial charge in [-0.05, 0) is 11.4 Å². The Morgan fingerprint density at radius 3 is 3.11 bits per heavy atom. The van der Waals surface area contributed by atoms with E-state index in [9.17, 15) is 9.59 Å². The fraction of sp³-hybridized carbons (Fsp3) is 0.455. The maximum absolute atomic E-state index is 11.7. The predicted molar refractivity (Wildman–Crippen MR) is 73.2 cm³/mol. The Morgan fingerprint density at radius 1 is 1.61 bits per heavy atom. The van der Waals surface area contributed by atoms with E-state index in [-0.39, 0.29) is 29.8 Å². The Balaban J connectivity index is 1.75. The van der Waals surface area contributed by atoms with Crippen molar-refractivity contribution in [3.63, 3.8) is 0 Å². The number of thiol groups is 1. The van der Waals surface area contributed by atoms with Crippen molar-refractivity contribution in [2.45, 2.75) is 30.9 Å². The SMILES string of the molecule is O=C(CC1CC(=O)NC(S)N1)NCc1cccs1. The van der Waals surface area contributed by atoms with Crippen LogP contribution in [-0.4, -0.2) is 23.4 Å². The number of amides is 2. The number of hydrogen-bond donors (Lipinski definition) is 4. The zero-order valence-electron chi connectivity index (χ0n) is 9.68. The quantitative estimate of drug-likeness (QED) is 0.607. The molecule has 5 nitrogen and oxygen atoms in total. The standard InChI is InChI=1S/C11H15N3O2S2/c15-9(12-6-8-2-1-3-18-8)4-7-5-10(16)14-11(17)13-7/h1-3,7,11,13,17H,4-6H2,(H,12,15)(H,14,16). The summed E-state index contributed by atoms with van der Waals surface area (Å²) in [4.78, 5) is 24.1. The first kappa shape index (κ1) is 13.4. The molecule has 0 spiro atoms. The first-order valence-corrected chi connectivity index (χ1v) is 7.05. The van der Waals surface area contributed by atoms with Crippen LogP contribution in [0.4, 0.5) is 0 Å². The molecular formula is C11H15N3O2S2. The summed E-state index contributed by atoms with van der Waals surface area (Å²) in [5.74, 6) is -0.138. The molecule has 2 atom stereocenters. The summed E-state index contributed by atoms with van der Waals surface area (Å²) in [5, 5.41) is 10.5. The van der Waals surface area contributed by atoms with E-state index in [2.05, 4.69) is 28.6 Å². The Labute approximate surface area is 115 Å². The molecule has 1 aromatic rings. The number of rotatable bonds is 4. The lowest BCUT2D eigenvalue weighted by Crippen LogP contribution is -2.54. The summed E-state index contributed by atoms with van der Waals surface area (Å²) in [5.41, 5.74) is -0.374. The molecule has 2 rings (SSSR count). The Kier molecular flexibility index (Phi) is 4.62. The van der Waals surface area contributed by atoms with Crippen LogP contribution in [0.2, 0.25) is 0 Å². The van der Waals surface area contributed by atoms with Gasteiger partial charge in [0.25, 0.3) is 0 Å². The molecule has 2 unspecified atom stereocenters. The largest absolute Gasteiger partial charge is 0.351 e. The van der Waals surface area contributed by atoms with Crippen LogP contribution in [0.25, 0.3) is 0 Å². The van der Waals surface area contributed by atoms with Gasteiger partial charge >= 0.3 is 0 Å². The average Bonchev–Trinajstić information content (AvgIpc) is 2.77. The van der Waals surface area contributed by atoms with Crippen molar-refractivity contribution in [3.8, 4) is 0 Å². The Hall–Kier alpha value is -1.05. The lowest BCUT2D eigenvalue weighted by atomic mass is 10.1. The summed E-state index contributed by atoms with van der Waals surface area (Å²) >= 11 is 5.74. The summed E-state index contributed by atoms with van der Waals surface area (Å²) in [6.07, 6.45) is 0.597. The van der Waals surface area contributed by atoms with Crippen molar-refractivity contribution in [2.75, 3.05) is 0 Å². The molecular weight excluding hydrogens is 270 g/mol. The van der Waals surface area contributed by atoms with E-state index in [1.165, 1.54) is 0 Å². The van der Waals surface area contributed by atoms with Gasteiger partial charge in [-0.25, -0.2) is 0 Å². The summed E-state index contributed by atoms with van der Waals surface area (Å²) in [6.45, 7) is 0.541. The second-order valence-electron chi connectivity index (χ2n) is 4.10. The predicted octanol–water partition coefficient (Wildman–Crippen LogP) is 0.446. The molecule has 0 aliphatic carbocycles. The number of carbonyl (C=O) groups excluding carboxylic acids is 2. The molecule has 98 valence electrons. The third-order valence-electron chi connectivity index (χ3n) is 2.59. The maximum atomic E-state index is 11.7. The van der Waals surface area contributed by atoms with Gasteiger partial charge in [-0.2, -0.15) is 0 Å². The highest BCUT2D eigenvalue weighted by Crippen LogP contribution is 2.09.